The zero-order chi connectivity index (χ0) is 35.8. The van der Waals surface area contributed by atoms with Crippen LogP contribution in [0.4, 0.5) is 32.0 Å². The van der Waals surface area contributed by atoms with Crippen molar-refractivity contribution in [1.82, 2.24) is 4.98 Å². The molecule has 0 saturated carbocycles. The molecule has 1 saturated heterocycles. The number of aromatic nitrogens is 1. The molecule has 1 aromatic heterocycles. The Labute approximate surface area is 278 Å². The van der Waals surface area contributed by atoms with Gasteiger partial charge in [0.15, 0.2) is 0 Å². The molecule has 0 unspecified atom stereocenters. The van der Waals surface area contributed by atoms with Gasteiger partial charge in [0.25, 0.3) is 0 Å². The van der Waals surface area contributed by atoms with Crippen LogP contribution in [-0.2, 0) is 21.9 Å². The van der Waals surface area contributed by atoms with E-state index in [9.17, 15) is 51.3 Å². The van der Waals surface area contributed by atoms with Crippen LogP contribution in [0.25, 0.3) is 11.6 Å². The topological polar surface area (TPSA) is 111 Å². The number of carbonyl (C=O) groups excluding carboxylic acids is 2. The van der Waals surface area contributed by atoms with E-state index in [2.05, 4.69) is 4.98 Å². The minimum atomic E-state index is -5.20. The number of benzene rings is 2. The van der Waals surface area contributed by atoms with Crippen molar-refractivity contribution < 1.29 is 51.3 Å². The van der Waals surface area contributed by atoms with Gasteiger partial charge in [0.1, 0.15) is 5.75 Å². The largest absolute Gasteiger partial charge is 0.507 e. The summed E-state index contributed by atoms with van der Waals surface area (Å²) >= 11 is 0. The van der Waals surface area contributed by atoms with Gasteiger partial charge in [0.2, 0.25) is 11.8 Å². The van der Waals surface area contributed by atoms with Crippen LogP contribution in [0.2, 0.25) is 0 Å². The van der Waals surface area contributed by atoms with Crippen LogP contribution in [0.1, 0.15) is 55.5 Å². The summed E-state index contributed by atoms with van der Waals surface area (Å²) in [5.41, 5.74) is -1.61. The van der Waals surface area contributed by atoms with Gasteiger partial charge in [-0.15, -0.1) is 0 Å². The number of hydrogen-bond donors (Lipinski definition) is 3. The van der Waals surface area contributed by atoms with Crippen molar-refractivity contribution in [2.45, 2.75) is 51.6 Å². The van der Waals surface area contributed by atoms with Gasteiger partial charge >= 0.3 is 12.4 Å². The fraction of sp³-hybridized carbons (Fsp3) is 0.361. The molecule has 1 fully saturated rings. The fourth-order valence-electron chi connectivity index (χ4n) is 6.84. The van der Waals surface area contributed by atoms with Gasteiger partial charge in [-0.3, -0.25) is 14.6 Å². The molecule has 0 radical (unpaired) electrons. The van der Waals surface area contributed by atoms with Crippen molar-refractivity contribution in [1.29, 1.82) is 0 Å². The Morgan fingerprint density at radius 2 is 1.59 bits per heavy atom. The average molecular weight is 689 g/mol. The van der Waals surface area contributed by atoms with Crippen LogP contribution in [0.15, 0.2) is 78.0 Å². The third kappa shape index (κ3) is 7.28. The summed E-state index contributed by atoms with van der Waals surface area (Å²) in [7, 11) is 0. The number of alkyl halides is 6. The van der Waals surface area contributed by atoms with Gasteiger partial charge in [-0.2, -0.15) is 26.3 Å². The molecule has 3 N–H and O–H groups in total. The number of rotatable bonds is 9. The summed E-state index contributed by atoms with van der Waals surface area (Å²) < 4.78 is 81.9. The Hall–Kier alpha value is -4.49. The summed E-state index contributed by atoms with van der Waals surface area (Å²) in [6, 6.07) is 12.5. The highest BCUT2D eigenvalue weighted by Crippen LogP contribution is 2.50. The third-order valence-electron chi connectivity index (χ3n) is 9.15. The summed E-state index contributed by atoms with van der Waals surface area (Å²) in [6.45, 7) is 2.86. The lowest BCUT2D eigenvalue weighted by molar-refractivity contribution is -0.143. The number of phenols is 1. The maximum atomic E-state index is 13.9. The number of nitrogens with zero attached hydrogens (tertiary/aromatic N) is 2. The van der Waals surface area contributed by atoms with Crippen molar-refractivity contribution in [3.05, 3.63) is 100 Å². The highest BCUT2D eigenvalue weighted by molar-refractivity contribution is 6.22. The number of aliphatic hydroxyl groups is 2. The Kier molecular flexibility index (Phi) is 10.1. The van der Waals surface area contributed by atoms with Crippen molar-refractivity contribution in [2.24, 2.45) is 23.7 Å². The summed E-state index contributed by atoms with van der Waals surface area (Å²) in [5, 5.41) is 32.7. The molecule has 1 aliphatic carbocycles. The number of fused-ring (bicyclic) bond motifs is 1. The molecule has 2 amide bonds. The van der Waals surface area contributed by atoms with E-state index >= 15 is 0 Å². The third-order valence-corrected chi connectivity index (χ3v) is 9.15. The molecule has 260 valence electrons. The number of anilines is 1. The van der Waals surface area contributed by atoms with Gasteiger partial charge in [0, 0.05) is 17.7 Å². The van der Waals surface area contributed by atoms with E-state index in [0.717, 1.165) is 0 Å². The fourth-order valence-corrected chi connectivity index (χ4v) is 6.84. The standard InChI is InChI=1S/C36H34F6N2O5/c1-19(2)25-17-26-32(34(49)44(33(26)48)24-15-22(35(37,38)39)14-23(16-24)36(40,41)42)27(18-45)31(25)30(47)11-10-20(28-8-5-6-12-43-28)13-21-7-3-4-9-29(21)46/h3-9,12-16,19,26-27,30,32,45-47H,10-11,17-18H2,1-2H3/b20-13-/t26-,27+,30-,32-/m1/s1. The molecule has 2 heterocycles. The number of imide groups is 1. The van der Waals surface area contributed by atoms with Gasteiger partial charge < -0.3 is 15.3 Å². The number of aliphatic hydroxyl groups excluding tert-OH is 2. The van der Waals surface area contributed by atoms with Crippen molar-refractivity contribution >= 4 is 29.2 Å². The van der Waals surface area contributed by atoms with E-state index in [-0.39, 0.29) is 37.0 Å². The predicted molar refractivity (Wildman–Crippen MR) is 168 cm³/mol. The number of allylic oxidation sites excluding steroid dienone is 2. The van der Waals surface area contributed by atoms with Gasteiger partial charge in [0.05, 0.1) is 47.1 Å². The zero-order valence-electron chi connectivity index (χ0n) is 26.5. The molecule has 4 atom stereocenters. The molecule has 0 bridgehead atoms. The maximum Gasteiger partial charge on any atom is 0.416 e. The summed E-state index contributed by atoms with van der Waals surface area (Å²) in [5.74, 6) is -5.95. The molecule has 13 heteroatoms. The minimum absolute atomic E-state index is 0.0250. The Morgan fingerprint density at radius 1 is 0.959 bits per heavy atom. The second-order valence-electron chi connectivity index (χ2n) is 12.5. The predicted octanol–water partition coefficient (Wildman–Crippen LogP) is 7.28. The quantitative estimate of drug-likeness (QED) is 0.124. The minimum Gasteiger partial charge on any atom is -0.507 e. The summed E-state index contributed by atoms with van der Waals surface area (Å²) in [4.78, 5) is 32.3. The van der Waals surface area contributed by atoms with Crippen LogP contribution in [0.3, 0.4) is 0 Å². The second kappa shape index (κ2) is 13.8. The number of hydrogen-bond acceptors (Lipinski definition) is 6. The Morgan fingerprint density at radius 3 is 2.14 bits per heavy atom. The molecular weight excluding hydrogens is 654 g/mol. The number of pyridine rings is 1. The van der Waals surface area contributed by atoms with Crippen molar-refractivity contribution in [3.8, 4) is 5.75 Å². The van der Waals surface area contributed by atoms with Crippen molar-refractivity contribution in [2.75, 3.05) is 11.5 Å². The molecule has 49 heavy (non-hydrogen) atoms. The first kappa shape index (κ1) is 35.8. The molecule has 2 aliphatic rings. The molecule has 2 aromatic carbocycles. The molecular formula is C36H34F6N2O5. The highest BCUT2D eigenvalue weighted by atomic mass is 19.4. The average Bonchev–Trinajstić information content (AvgIpc) is 3.30. The number of amides is 2. The van der Waals surface area contributed by atoms with E-state index in [1.165, 1.54) is 6.07 Å². The second-order valence-corrected chi connectivity index (χ2v) is 12.5. The number of phenolic OH excluding ortho intramolecular Hbond substituents is 1. The number of aromatic hydroxyl groups is 1. The van der Waals surface area contributed by atoms with E-state index < -0.39 is 71.4 Å². The molecule has 7 nitrogen and oxygen atoms in total. The van der Waals surface area contributed by atoms with Crippen LogP contribution < -0.4 is 4.90 Å². The molecule has 5 rings (SSSR count). The van der Waals surface area contributed by atoms with Crippen molar-refractivity contribution in [3.63, 3.8) is 0 Å². The maximum absolute atomic E-state index is 13.9. The van der Waals surface area contributed by atoms with Gasteiger partial charge in [-0.05, 0) is 78.8 Å². The van der Waals surface area contributed by atoms with E-state index in [0.29, 0.717) is 45.0 Å². The Bertz CT molecular complexity index is 1750. The monoisotopic (exact) mass is 688 g/mol. The lowest BCUT2D eigenvalue weighted by atomic mass is 9.66. The molecule has 0 spiro atoms. The lowest BCUT2D eigenvalue weighted by Crippen LogP contribution is -2.40. The normalized spacial score (nSPS) is 21.1. The number of para-hydroxylation sites is 1. The molecule has 1 aliphatic heterocycles. The number of carbonyl (C=O) groups is 2. The van der Waals surface area contributed by atoms with Gasteiger partial charge in [-0.1, -0.05) is 43.7 Å². The smallest absolute Gasteiger partial charge is 0.416 e. The van der Waals surface area contributed by atoms with Crippen LogP contribution in [0, 0.1) is 23.7 Å². The van der Waals surface area contributed by atoms with Crippen LogP contribution >= 0.6 is 0 Å². The SMILES string of the molecule is CC(C)C1=C([C@H](O)CC/C(=C/c2ccccc2O)c2ccccn2)[C@H](CO)[C@@H]2C(=O)N(c3cc(C(F)(F)F)cc(C(F)(F)F)c3)C(=O)[C@@H]2C1. The van der Waals surface area contributed by atoms with Gasteiger partial charge in [-0.25, -0.2) is 4.90 Å². The van der Waals surface area contributed by atoms with Crippen LogP contribution in [0.5, 0.6) is 5.75 Å². The van der Waals surface area contributed by atoms with E-state index in [4.69, 9.17) is 0 Å². The first-order valence-electron chi connectivity index (χ1n) is 15.6. The van der Waals surface area contributed by atoms with E-state index in [1.54, 1.807) is 62.5 Å². The Balaban J connectivity index is 1.50. The lowest BCUT2D eigenvalue weighted by Gasteiger charge is -2.38. The zero-order valence-corrected chi connectivity index (χ0v) is 26.5. The van der Waals surface area contributed by atoms with E-state index in [1.807, 2.05) is 0 Å². The first-order valence-corrected chi connectivity index (χ1v) is 15.6. The summed E-state index contributed by atoms with van der Waals surface area (Å²) in [6.07, 6.45) is -8.15. The first-order chi connectivity index (χ1) is 23.0. The molecule has 3 aromatic rings. The number of halogens is 6. The highest BCUT2D eigenvalue weighted by Gasteiger charge is 2.56. The van der Waals surface area contributed by atoms with Crippen LogP contribution in [-0.4, -0.2) is 44.8 Å².